The van der Waals surface area contributed by atoms with Crippen LogP contribution in [0.3, 0.4) is 0 Å². The summed E-state index contributed by atoms with van der Waals surface area (Å²) in [6, 6.07) is 14.7. The van der Waals surface area contributed by atoms with Crippen LogP contribution in [-0.2, 0) is 16.1 Å². The molecule has 2 aromatic carbocycles. The van der Waals surface area contributed by atoms with Gasteiger partial charge in [-0.3, -0.25) is 19.3 Å². The van der Waals surface area contributed by atoms with Crippen molar-refractivity contribution < 1.29 is 19.1 Å². The number of methoxy groups -OCH3 is 1. The third-order valence-corrected chi connectivity index (χ3v) is 5.90. The highest BCUT2D eigenvalue weighted by atomic mass is 32.2. The zero-order chi connectivity index (χ0) is 22.0. The monoisotopic (exact) mass is 435 g/mol. The average Bonchev–Trinajstić information content (AvgIpc) is 3.26. The molecule has 0 atom stereocenters. The summed E-state index contributed by atoms with van der Waals surface area (Å²) in [7, 11) is 1.56. The van der Waals surface area contributed by atoms with Crippen LogP contribution in [0.15, 0.2) is 59.6 Å². The van der Waals surface area contributed by atoms with Gasteiger partial charge in [0.15, 0.2) is 0 Å². The Hall–Kier alpha value is -3.52. The van der Waals surface area contributed by atoms with Crippen molar-refractivity contribution in [2.75, 3.05) is 19.0 Å². The van der Waals surface area contributed by atoms with E-state index >= 15 is 0 Å². The van der Waals surface area contributed by atoms with Gasteiger partial charge in [-0.2, -0.15) is 0 Å². The number of hydrogen-bond donors (Lipinski definition) is 1. The highest BCUT2D eigenvalue weighted by molar-refractivity contribution is 8.18. The smallest absolute Gasteiger partial charge is 0.294 e. The van der Waals surface area contributed by atoms with E-state index in [1.54, 1.807) is 37.5 Å². The summed E-state index contributed by atoms with van der Waals surface area (Å²) in [6.07, 6.45) is 3.69. The molecule has 158 valence electrons. The van der Waals surface area contributed by atoms with Gasteiger partial charge in [-0.25, -0.2) is 0 Å². The molecule has 7 nitrogen and oxygen atoms in total. The first-order valence-electron chi connectivity index (χ1n) is 9.77. The van der Waals surface area contributed by atoms with Crippen LogP contribution in [0, 0.1) is 0 Å². The SMILES string of the molecule is CCn1cc(/C=C2\SC(=O)N(CC(=O)Nc3ccc(OC)cc3)C2=O)c2ccccc21. The Bertz CT molecular complexity index is 1200. The summed E-state index contributed by atoms with van der Waals surface area (Å²) in [5.41, 5.74) is 2.49. The van der Waals surface area contributed by atoms with Gasteiger partial charge in [0.25, 0.3) is 11.1 Å². The van der Waals surface area contributed by atoms with Crippen LogP contribution in [0.25, 0.3) is 17.0 Å². The Kier molecular flexibility index (Phi) is 5.81. The third kappa shape index (κ3) is 4.20. The number of benzene rings is 2. The summed E-state index contributed by atoms with van der Waals surface area (Å²) in [4.78, 5) is 38.9. The van der Waals surface area contributed by atoms with Crippen LogP contribution < -0.4 is 10.1 Å². The minimum Gasteiger partial charge on any atom is -0.497 e. The number of hydrogen-bond acceptors (Lipinski definition) is 5. The molecule has 0 saturated carbocycles. The number of para-hydroxylation sites is 1. The molecule has 1 aliphatic rings. The van der Waals surface area contributed by atoms with Crippen molar-refractivity contribution in [3.8, 4) is 5.75 Å². The molecule has 1 N–H and O–H groups in total. The number of carbonyl (C=O) groups excluding carboxylic acids is 3. The van der Waals surface area contributed by atoms with Crippen molar-refractivity contribution >= 4 is 51.5 Å². The molecule has 1 aliphatic heterocycles. The van der Waals surface area contributed by atoms with E-state index in [1.807, 2.05) is 37.4 Å². The number of thioether (sulfide) groups is 1. The predicted octanol–water partition coefficient (Wildman–Crippen LogP) is 4.34. The molecule has 1 saturated heterocycles. The van der Waals surface area contributed by atoms with Crippen molar-refractivity contribution in [3.63, 3.8) is 0 Å². The van der Waals surface area contributed by atoms with E-state index in [9.17, 15) is 14.4 Å². The Morgan fingerprint density at radius 1 is 1.13 bits per heavy atom. The molecule has 3 amide bonds. The van der Waals surface area contributed by atoms with Crippen molar-refractivity contribution in [2.24, 2.45) is 0 Å². The molecular weight excluding hydrogens is 414 g/mol. The van der Waals surface area contributed by atoms with Crippen LogP contribution in [-0.4, -0.2) is 40.2 Å². The number of ether oxygens (including phenoxy) is 1. The highest BCUT2D eigenvalue weighted by Gasteiger charge is 2.36. The van der Waals surface area contributed by atoms with Crippen LogP contribution in [0.2, 0.25) is 0 Å². The number of amides is 3. The first-order chi connectivity index (χ1) is 15.0. The van der Waals surface area contributed by atoms with Gasteiger partial charge < -0.3 is 14.6 Å². The van der Waals surface area contributed by atoms with E-state index in [0.717, 1.165) is 39.7 Å². The lowest BCUT2D eigenvalue weighted by Gasteiger charge is -2.12. The molecule has 0 bridgehead atoms. The molecule has 0 radical (unpaired) electrons. The summed E-state index contributed by atoms with van der Waals surface area (Å²) in [5.74, 6) is -0.247. The summed E-state index contributed by atoms with van der Waals surface area (Å²) in [5, 5.41) is 3.24. The molecule has 0 spiro atoms. The van der Waals surface area contributed by atoms with Gasteiger partial charge in [0.1, 0.15) is 12.3 Å². The molecule has 0 unspecified atom stereocenters. The fourth-order valence-corrected chi connectivity index (χ4v) is 4.28. The van der Waals surface area contributed by atoms with Gasteiger partial charge in [0.05, 0.1) is 12.0 Å². The van der Waals surface area contributed by atoms with E-state index in [4.69, 9.17) is 4.74 Å². The number of nitrogens with zero attached hydrogens (tertiary/aromatic N) is 2. The van der Waals surface area contributed by atoms with Gasteiger partial charge >= 0.3 is 0 Å². The number of aryl methyl sites for hydroxylation is 1. The highest BCUT2D eigenvalue weighted by Crippen LogP contribution is 2.34. The molecule has 4 rings (SSSR count). The largest absolute Gasteiger partial charge is 0.497 e. The molecule has 3 aromatic rings. The fraction of sp³-hybridized carbons (Fsp3) is 0.174. The van der Waals surface area contributed by atoms with E-state index < -0.39 is 17.1 Å². The Labute approximate surface area is 183 Å². The number of carbonyl (C=O) groups is 3. The first kappa shape index (κ1) is 20.7. The standard InChI is InChI=1S/C23H21N3O4S/c1-3-25-13-15(18-6-4-5-7-19(18)25)12-20-22(28)26(23(29)31-20)14-21(27)24-16-8-10-17(30-2)11-9-16/h4-13H,3,14H2,1-2H3,(H,24,27)/b20-12-. The van der Waals surface area contributed by atoms with E-state index in [2.05, 4.69) is 9.88 Å². The van der Waals surface area contributed by atoms with Gasteiger partial charge in [-0.15, -0.1) is 0 Å². The van der Waals surface area contributed by atoms with E-state index in [0.29, 0.717) is 16.3 Å². The third-order valence-electron chi connectivity index (χ3n) is 5.00. The van der Waals surface area contributed by atoms with Gasteiger partial charge in [-0.1, -0.05) is 18.2 Å². The van der Waals surface area contributed by atoms with Crippen LogP contribution in [0.1, 0.15) is 12.5 Å². The van der Waals surface area contributed by atoms with Crippen molar-refractivity contribution in [3.05, 3.63) is 65.2 Å². The van der Waals surface area contributed by atoms with Crippen LogP contribution in [0.4, 0.5) is 10.5 Å². The Morgan fingerprint density at radius 2 is 1.87 bits per heavy atom. The maximum Gasteiger partial charge on any atom is 0.294 e. The zero-order valence-corrected chi connectivity index (χ0v) is 17.9. The second-order valence-corrected chi connectivity index (χ2v) is 7.93. The summed E-state index contributed by atoms with van der Waals surface area (Å²) < 4.78 is 7.18. The summed E-state index contributed by atoms with van der Waals surface area (Å²) >= 11 is 0.848. The Morgan fingerprint density at radius 3 is 2.58 bits per heavy atom. The average molecular weight is 436 g/mol. The maximum atomic E-state index is 12.8. The van der Waals surface area contributed by atoms with Gasteiger partial charge in [0.2, 0.25) is 5.91 Å². The molecule has 1 fully saturated rings. The van der Waals surface area contributed by atoms with Crippen molar-refractivity contribution in [2.45, 2.75) is 13.5 Å². The minimum absolute atomic E-state index is 0.307. The molecule has 8 heteroatoms. The number of anilines is 1. The molecular formula is C23H21N3O4S. The lowest BCUT2D eigenvalue weighted by atomic mass is 10.1. The predicted molar refractivity (Wildman–Crippen MR) is 122 cm³/mol. The molecule has 1 aromatic heterocycles. The van der Waals surface area contributed by atoms with Crippen molar-refractivity contribution in [1.29, 1.82) is 0 Å². The lowest BCUT2D eigenvalue weighted by molar-refractivity contribution is -0.127. The number of imide groups is 1. The quantitative estimate of drug-likeness (QED) is 0.583. The van der Waals surface area contributed by atoms with Crippen molar-refractivity contribution in [1.82, 2.24) is 9.47 Å². The minimum atomic E-state index is -0.465. The zero-order valence-electron chi connectivity index (χ0n) is 17.1. The number of fused-ring (bicyclic) bond motifs is 1. The van der Waals surface area contributed by atoms with E-state index in [-0.39, 0.29) is 6.54 Å². The van der Waals surface area contributed by atoms with Gasteiger partial charge in [0, 0.05) is 34.9 Å². The number of aromatic nitrogens is 1. The van der Waals surface area contributed by atoms with E-state index in [1.165, 1.54) is 0 Å². The molecule has 2 heterocycles. The second kappa shape index (κ2) is 8.69. The van der Waals surface area contributed by atoms with Crippen LogP contribution >= 0.6 is 11.8 Å². The topological polar surface area (TPSA) is 80.6 Å². The molecule has 31 heavy (non-hydrogen) atoms. The Balaban J connectivity index is 1.50. The number of nitrogens with one attached hydrogen (secondary N) is 1. The maximum absolute atomic E-state index is 12.8. The van der Waals surface area contributed by atoms with Gasteiger partial charge in [-0.05, 0) is 55.1 Å². The lowest BCUT2D eigenvalue weighted by Crippen LogP contribution is -2.36. The fourth-order valence-electron chi connectivity index (χ4n) is 3.45. The first-order valence-corrected chi connectivity index (χ1v) is 10.6. The van der Waals surface area contributed by atoms with Crippen LogP contribution in [0.5, 0.6) is 5.75 Å². The number of rotatable bonds is 6. The summed E-state index contributed by atoms with van der Waals surface area (Å²) in [6.45, 7) is 2.50. The second-order valence-electron chi connectivity index (χ2n) is 6.93. The molecule has 0 aliphatic carbocycles. The normalized spacial score (nSPS) is 15.2.